The monoisotopic (exact) mass is 644 g/mol. The first-order chi connectivity index (χ1) is 21.9. The molecule has 0 aliphatic heterocycles. The minimum atomic E-state index is -1.21. The smallest absolute Gasteiger partial charge is 0.353 e. The first-order valence-electron chi connectivity index (χ1n) is 13.4. The summed E-state index contributed by atoms with van der Waals surface area (Å²) >= 11 is 0. The number of nitrogens with two attached hydrogens (primary N) is 3. The molecular weight excluding hydrogens is 612 g/mol. The molecule has 244 valence electrons. The van der Waals surface area contributed by atoms with E-state index in [1.807, 2.05) is 12.1 Å². The lowest BCUT2D eigenvalue weighted by Gasteiger charge is -2.11. The van der Waals surface area contributed by atoms with E-state index in [-0.39, 0.29) is 48.9 Å². The molecule has 0 saturated carbocycles. The molecule has 5 aromatic rings. The molecule has 16 heteroatoms. The van der Waals surface area contributed by atoms with E-state index in [0.717, 1.165) is 11.1 Å². The van der Waals surface area contributed by atoms with Crippen molar-refractivity contribution < 1.29 is 29.0 Å². The van der Waals surface area contributed by atoms with Crippen LogP contribution in [0.25, 0.3) is 5.65 Å². The molecular formula is C31H32N8O8. The predicted molar refractivity (Wildman–Crippen MR) is 171 cm³/mol. The van der Waals surface area contributed by atoms with Crippen molar-refractivity contribution >= 4 is 40.8 Å². The zero-order chi connectivity index (χ0) is 33.5. The van der Waals surface area contributed by atoms with Crippen LogP contribution < -0.4 is 38.7 Å². The number of anilines is 2. The fraction of sp³-hybridized carbons (Fsp3) is 0.161. The van der Waals surface area contributed by atoms with Crippen LogP contribution in [0.1, 0.15) is 61.5 Å². The summed E-state index contributed by atoms with van der Waals surface area (Å²) in [6, 6.07) is 13.7. The van der Waals surface area contributed by atoms with Gasteiger partial charge in [-0.3, -0.25) is 23.6 Å². The van der Waals surface area contributed by atoms with Gasteiger partial charge in [0.25, 0.3) is 16.8 Å². The molecule has 5 rings (SSSR count). The number of aromatic nitrogens is 3. The van der Waals surface area contributed by atoms with Crippen LogP contribution in [0.3, 0.4) is 0 Å². The molecule has 16 nitrogen and oxygen atoms in total. The highest BCUT2D eigenvalue weighted by Gasteiger charge is 2.18. The highest BCUT2D eigenvalue weighted by Crippen LogP contribution is 2.14. The Kier molecular flexibility index (Phi) is 11.2. The number of nitrogen functional groups attached to an aromatic ring is 1. The van der Waals surface area contributed by atoms with E-state index in [9.17, 15) is 33.9 Å². The first kappa shape index (κ1) is 35.1. The van der Waals surface area contributed by atoms with Crippen LogP contribution in [0, 0.1) is 0 Å². The van der Waals surface area contributed by atoms with Gasteiger partial charge in [-0.2, -0.15) is 0 Å². The zero-order valence-corrected chi connectivity index (χ0v) is 24.2. The van der Waals surface area contributed by atoms with Crippen LogP contribution in [0.15, 0.2) is 76.7 Å². The Labute approximate surface area is 266 Å². The van der Waals surface area contributed by atoms with Crippen LogP contribution in [-0.4, -0.2) is 50.3 Å². The van der Waals surface area contributed by atoms with Gasteiger partial charge in [0.05, 0.1) is 18.9 Å². The molecule has 0 bridgehead atoms. The number of fused-ring (bicyclic) bond motifs is 1. The number of carbonyl (C=O) groups is 4. The lowest BCUT2D eigenvalue weighted by atomic mass is 10.1. The molecule has 0 unspecified atom stereocenters. The second-order valence-corrected chi connectivity index (χ2v) is 9.75. The van der Waals surface area contributed by atoms with E-state index in [4.69, 9.17) is 17.2 Å². The zero-order valence-electron chi connectivity index (χ0n) is 24.2. The van der Waals surface area contributed by atoms with E-state index >= 15 is 0 Å². The molecule has 9 N–H and O–H groups in total. The lowest BCUT2D eigenvalue weighted by molar-refractivity contribution is -0.119. The maximum Gasteiger partial charge on any atom is 0.353 e. The number of carboxylic acid groups (broad SMARTS) is 1. The number of hydrogen-bond donors (Lipinski definition) is 6. The Balaban J connectivity index is 0.000000318. The van der Waals surface area contributed by atoms with Crippen LogP contribution in [0.2, 0.25) is 0 Å². The number of carboxylic acids is 1. The van der Waals surface area contributed by atoms with Crippen molar-refractivity contribution in [2.75, 3.05) is 18.2 Å². The van der Waals surface area contributed by atoms with Gasteiger partial charge in [-0.05, 0) is 28.8 Å². The Bertz CT molecular complexity index is 2010. The van der Waals surface area contributed by atoms with Crippen LogP contribution in [0.5, 0.6) is 0 Å². The van der Waals surface area contributed by atoms with Crippen LogP contribution >= 0.6 is 0 Å². The van der Waals surface area contributed by atoms with Gasteiger partial charge in [0.1, 0.15) is 35.1 Å². The molecule has 2 amide bonds. The Hall–Kier alpha value is -6.42. The fourth-order valence-corrected chi connectivity index (χ4v) is 4.20. The largest absolute Gasteiger partial charge is 0.477 e. The average Bonchev–Trinajstić information content (AvgIpc) is 3.55. The van der Waals surface area contributed by atoms with Gasteiger partial charge in [-0.25, -0.2) is 19.6 Å². The summed E-state index contributed by atoms with van der Waals surface area (Å²) in [6.45, 7) is 0.446. The van der Waals surface area contributed by atoms with Gasteiger partial charge >= 0.3 is 11.9 Å². The van der Waals surface area contributed by atoms with Crippen molar-refractivity contribution in [1.82, 2.24) is 19.7 Å². The first-order valence-corrected chi connectivity index (χ1v) is 13.4. The van der Waals surface area contributed by atoms with Crippen LogP contribution in [-0.2, 0) is 22.6 Å². The number of primary amides is 1. The summed E-state index contributed by atoms with van der Waals surface area (Å²) in [5, 5.41) is 14.9. The number of carbonyl (C=O) groups excluding carboxylic acids is 3. The summed E-state index contributed by atoms with van der Waals surface area (Å²) in [4.78, 5) is 76.4. The van der Waals surface area contributed by atoms with E-state index < -0.39 is 40.7 Å². The SMILES string of the molecule is C.COC(=O)c1ccc([C@@H](N)C(N)=O)cc1.Nc1c(NCc2cccc(CNC(=O)c3cc(C(=O)O)n4cncc4n3)c2)c(=O)c1=O. The molecule has 0 aliphatic carbocycles. The van der Waals surface area contributed by atoms with E-state index in [0.29, 0.717) is 11.1 Å². The predicted octanol–water partition coefficient (Wildman–Crippen LogP) is 0.742. The van der Waals surface area contributed by atoms with Crippen molar-refractivity contribution in [3.05, 3.63) is 121 Å². The van der Waals surface area contributed by atoms with Crippen molar-refractivity contribution in [1.29, 1.82) is 0 Å². The highest BCUT2D eigenvalue weighted by molar-refractivity contribution is 5.96. The third kappa shape index (κ3) is 8.00. The number of imidazole rings is 1. The van der Waals surface area contributed by atoms with E-state index in [1.54, 1.807) is 24.3 Å². The standard InChI is InChI=1S/C20H16N6O5.C10H12N2O3.CH4/c21-15-16(18(28)17(15)27)23-6-10-2-1-3-11(4-10)7-24-19(29)12-5-13(20(30)31)26-9-22-8-14(26)25-12;1-15-10(14)7-4-2-6(3-5-7)8(11)9(12)13;/h1-5,8-9,23H,6-7,21H2,(H,24,29)(H,30,31);2-5,8H,11H2,1H3,(H2,12,13);1H4/t;8-;/m.1./s1. The van der Waals surface area contributed by atoms with E-state index in [1.165, 1.54) is 42.2 Å². The third-order valence-electron chi connectivity index (χ3n) is 6.70. The highest BCUT2D eigenvalue weighted by atomic mass is 16.5. The fourth-order valence-electron chi connectivity index (χ4n) is 4.20. The minimum Gasteiger partial charge on any atom is -0.477 e. The molecule has 3 aromatic carbocycles. The molecule has 2 heterocycles. The number of methoxy groups -OCH3 is 1. The summed E-state index contributed by atoms with van der Waals surface area (Å²) in [5.41, 5.74) is 17.4. The summed E-state index contributed by atoms with van der Waals surface area (Å²) in [6.07, 6.45) is 2.67. The molecule has 0 fully saturated rings. The molecule has 1 atom stereocenters. The van der Waals surface area contributed by atoms with Crippen LogP contribution in [0.4, 0.5) is 11.4 Å². The maximum atomic E-state index is 12.5. The number of benzene rings is 2. The normalized spacial score (nSPS) is 11.0. The Morgan fingerprint density at radius 1 is 1.00 bits per heavy atom. The third-order valence-corrected chi connectivity index (χ3v) is 6.70. The van der Waals surface area contributed by atoms with Crippen molar-refractivity contribution in [3.8, 4) is 0 Å². The number of hydrogen-bond acceptors (Lipinski definition) is 12. The van der Waals surface area contributed by atoms with Gasteiger partial charge in [0.15, 0.2) is 5.65 Å². The molecule has 0 radical (unpaired) electrons. The number of nitrogens with one attached hydrogen (secondary N) is 2. The van der Waals surface area contributed by atoms with Gasteiger partial charge < -0.3 is 37.7 Å². The molecule has 0 spiro atoms. The number of nitrogens with zero attached hydrogens (tertiary/aromatic N) is 3. The summed E-state index contributed by atoms with van der Waals surface area (Å²) < 4.78 is 5.80. The number of amides is 2. The second-order valence-electron chi connectivity index (χ2n) is 9.75. The molecule has 2 aromatic heterocycles. The quantitative estimate of drug-likeness (QED) is 0.0906. The number of esters is 1. The molecule has 0 aliphatic rings. The number of aromatic carboxylic acids is 1. The van der Waals surface area contributed by atoms with Crippen molar-refractivity contribution in [3.63, 3.8) is 0 Å². The van der Waals surface area contributed by atoms with E-state index in [2.05, 4.69) is 25.3 Å². The number of ether oxygens (including phenoxy) is 1. The Morgan fingerprint density at radius 2 is 1.66 bits per heavy atom. The molecule has 47 heavy (non-hydrogen) atoms. The number of rotatable bonds is 10. The summed E-state index contributed by atoms with van der Waals surface area (Å²) in [7, 11) is 1.30. The van der Waals surface area contributed by atoms with Crippen molar-refractivity contribution in [2.24, 2.45) is 11.5 Å². The van der Waals surface area contributed by atoms with Gasteiger partial charge in [0, 0.05) is 19.2 Å². The molecule has 0 saturated heterocycles. The minimum absolute atomic E-state index is 0. The van der Waals surface area contributed by atoms with Gasteiger partial charge in [-0.15, -0.1) is 0 Å². The average molecular weight is 645 g/mol. The second kappa shape index (κ2) is 15.0. The maximum absolute atomic E-state index is 12.5. The van der Waals surface area contributed by atoms with Crippen molar-refractivity contribution in [2.45, 2.75) is 26.6 Å². The topological polar surface area (TPSA) is 264 Å². The lowest BCUT2D eigenvalue weighted by Crippen LogP contribution is -2.36. The van der Waals surface area contributed by atoms with Gasteiger partial charge in [0.2, 0.25) is 5.91 Å². The van der Waals surface area contributed by atoms with Gasteiger partial charge in [-0.1, -0.05) is 43.8 Å². The summed E-state index contributed by atoms with van der Waals surface area (Å²) in [5.74, 6) is -2.79. The Morgan fingerprint density at radius 3 is 2.26 bits per heavy atom.